The van der Waals surface area contributed by atoms with E-state index in [0.29, 0.717) is 29.5 Å². The molecule has 3 N–H and O–H groups in total. The average Bonchev–Trinajstić information content (AvgIpc) is 3.49. The molecule has 2 unspecified atom stereocenters. The molecule has 1 fully saturated rings. The summed E-state index contributed by atoms with van der Waals surface area (Å²) >= 11 is 0. The second-order valence-corrected chi connectivity index (χ2v) is 10.0. The zero-order valence-corrected chi connectivity index (χ0v) is 22.5. The fraction of sp³-hybridized carbons (Fsp3) is 0.290. The number of amides is 2. The average molecular weight is 539 g/mol. The molecule has 1 aliphatic carbocycles. The van der Waals surface area contributed by atoms with Crippen LogP contribution in [0.25, 0.3) is 0 Å². The highest BCUT2D eigenvalue weighted by atomic mass is 16.5. The van der Waals surface area contributed by atoms with Gasteiger partial charge in [0.15, 0.2) is 0 Å². The highest BCUT2D eigenvalue weighted by molar-refractivity contribution is 5.96. The molecule has 40 heavy (non-hydrogen) atoms. The van der Waals surface area contributed by atoms with E-state index in [1.807, 2.05) is 61.5 Å². The van der Waals surface area contributed by atoms with Gasteiger partial charge in [0, 0.05) is 29.6 Å². The topological polar surface area (TPSA) is 108 Å². The number of hydrogen-bond acceptors (Lipinski definition) is 7. The third kappa shape index (κ3) is 7.33. The van der Waals surface area contributed by atoms with Crippen LogP contribution in [0.15, 0.2) is 90.9 Å². The van der Waals surface area contributed by atoms with Gasteiger partial charge in [0.25, 0.3) is 5.91 Å². The second kappa shape index (κ2) is 13.0. The van der Waals surface area contributed by atoms with Gasteiger partial charge in [-0.05, 0) is 68.3 Å². The maximum Gasteiger partial charge on any atom is 0.255 e. The van der Waals surface area contributed by atoms with Crippen LogP contribution in [0.3, 0.4) is 0 Å². The number of nitrogens with one attached hydrogen (secondary N) is 3. The quantitative estimate of drug-likeness (QED) is 0.341. The molecule has 206 valence electrons. The predicted molar refractivity (Wildman–Crippen MR) is 155 cm³/mol. The number of ether oxygens (including phenoxy) is 1. The van der Waals surface area contributed by atoms with Gasteiger partial charge in [-0.1, -0.05) is 37.3 Å². The van der Waals surface area contributed by atoms with E-state index >= 15 is 0 Å². The summed E-state index contributed by atoms with van der Waals surface area (Å²) < 4.78 is 5.92. The number of carbonyl (C=O) groups is 2. The van der Waals surface area contributed by atoms with E-state index in [1.165, 1.54) is 12.8 Å². The molecule has 9 heteroatoms. The number of likely N-dealkylation sites (tertiary alicyclic amines) is 1. The molecule has 1 aliphatic heterocycles. The molecule has 2 amide bonds. The van der Waals surface area contributed by atoms with E-state index < -0.39 is 5.92 Å². The summed E-state index contributed by atoms with van der Waals surface area (Å²) in [5.41, 5.74) is 2.44. The second-order valence-electron chi connectivity index (χ2n) is 10.0. The van der Waals surface area contributed by atoms with Crippen molar-refractivity contribution in [1.82, 2.24) is 20.2 Å². The van der Waals surface area contributed by atoms with Crippen LogP contribution in [0.2, 0.25) is 0 Å². The van der Waals surface area contributed by atoms with Gasteiger partial charge in [0.2, 0.25) is 11.9 Å². The normalized spacial score (nSPS) is 18.6. The van der Waals surface area contributed by atoms with E-state index in [2.05, 4.69) is 30.8 Å². The SMILES string of the molecule is CC1C=CC(NC(=O)c2ccccc2)=CC1C(=O)Nc1cnc(Nc2cccc(OCCN3CCCC3)c2)nc1. The molecule has 2 aromatic carbocycles. The molecule has 5 rings (SSSR count). The standard InChI is InChI=1S/C31H34N6O3/c1-22-12-13-25(34-29(38)23-8-3-2-4-9-23)19-28(22)30(39)35-26-20-32-31(33-21-26)36-24-10-7-11-27(18-24)40-17-16-37-14-5-6-15-37/h2-4,7-13,18-22,28H,5-6,14-17H2,1H3,(H,34,38)(H,35,39)(H,32,33,36). The van der Waals surface area contributed by atoms with E-state index in [1.54, 1.807) is 30.6 Å². The Hall–Kier alpha value is -4.50. The van der Waals surface area contributed by atoms with Crippen molar-refractivity contribution in [3.63, 3.8) is 0 Å². The number of allylic oxidation sites excluding steroid dienone is 2. The summed E-state index contributed by atoms with van der Waals surface area (Å²) in [5.74, 6) is 0.279. The molecule has 2 aliphatic rings. The lowest BCUT2D eigenvalue weighted by Gasteiger charge is -2.22. The summed E-state index contributed by atoms with van der Waals surface area (Å²) in [4.78, 5) is 36.7. The lowest BCUT2D eigenvalue weighted by atomic mass is 9.88. The third-order valence-corrected chi connectivity index (χ3v) is 6.99. The fourth-order valence-corrected chi connectivity index (χ4v) is 4.74. The van der Waals surface area contributed by atoms with E-state index in [4.69, 9.17) is 4.74 Å². The highest BCUT2D eigenvalue weighted by Gasteiger charge is 2.25. The van der Waals surface area contributed by atoms with Crippen LogP contribution in [0, 0.1) is 11.8 Å². The number of benzene rings is 2. The van der Waals surface area contributed by atoms with Crippen molar-refractivity contribution in [2.45, 2.75) is 19.8 Å². The maximum atomic E-state index is 13.1. The third-order valence-electron chi connectivity index (χ3n) is 6.99. The van der Waals surface area contributed by atoms with Crippen LogP contribution >= 0.6 is 0 Å². The zero-order chi connectivity index (χ0) is 27.7. The maximum absolute atomic E-state index is 13.1. The Balaban J connectivity index is 1.14. The Morgan fingerprint density at radius 2 is 1.75 bits per heavy atom. The van der Waals surface area contributed by atoms with E-state index in [9.17, 15) is 9.59 Å². The lowest BCUT2D eigenvalue weighted by Crippen LogP contribution is -2.31. The van der Waals surface area contributed by atoms with Crippen LogP contribution in [-0.4, -0.2) is 52.9 Å². The Morgan fingerprint density at radius 3 is 2.52 bits per heavy atom. The Morgan fingerprint density at radius 1 is 0.975 bits per heavy atom. The van der Waals surface area contributed by atoms with Crippen molar-refractivity contribution in [2.24, 2.45) is 11.8 Å². The first-order chi connectivity index (χ1) is 19.5. The summed E-state index contributed by atoms with van der Waals surface area (Å²) in [6.07, 6.45) is 11.2. The van der Waals surface area contributed by atoms with Gasteiger partial charge < -0.3 is 20.7 Å². The molecule has 3 aromatic rings. The van der Waals surface area contributed by atoms with Gasteiger partial charge in [0.05, 0.1) is 24.0 Å². The lowest BCUT2D eigenvalue weighted by molar-refractivity contribution is -0.119. The molecule has 2 heterocycles. The minimum Gasteiger partial charge on any atom is -0.492 e. The number of aromatic nitrogens is 2. The Bertz CT molecular complexity index is 1370. The van der Waals surface area contributed by atoms with Crippen molar-refractivity contribution in [3.8, 4) is 5.75 Å². The van der Waals surface area contributed by atoms with Crippen molar-refractivity contribution < 1.29 is 14.3 Å². The van der Waals surface area contributed by atoms with E-state index in [-0.39, 0.29) is 17.7 Å². The van der Waals surface area contributed by atoms with Crippen LogP contribution in [0.5, 0.6) is 5.75 Å². The molecule has 1 saturated heterocycles. The Labute approximate surface area is 234 Å². The Kier molecular flexibility index (Phi) is 8.83. The molecule has 1 aromatic heterocycles. The monoisotopic (exact) mass is 538 g/mol. The van der Waals surface area contributed by atoms with E-state index in [0.717, 1.165) is 31.1 Å². The molecule has 2 atom stereocenters. The van der Waals surface area contributed by atoms with Gasteiger partial charge in [-0.25, -0.2) is 9.97 Å². The van der Waals surface area contributed by atoms with Gasteiger partial charge in [-0.2, -0.15) is 0 Å². The predicted octanol–water partition coefficient (Wildman–Crippen LogP) is 4.77. The van der Waals surface area contributed by atoms with Gasteiger partial charge >= 0.3 is 0 Å². The first kappa shape index (κ1) is 27.1. The largest absolute Gasteiger partial charge is 0.492 e. The smallest absolute Gasteiger partial charge is 0.255 e. The first-order valence-corrected chi connectivity index (χ1v) is 13.6. The zero-order valence-electron chi connectivity index (χ0n) is 22.5. The molecule has 0 radical (unpaired) electrons. The summed E-state index contributed by atoms with van der Waals surface area (Å²) in [7, 11) is 0. The minimum absolute atomic E-state index is 0.0379. The van der Waals surface area contributed by atoms with Crippen molar-refractivity contribution >= 4 is 29.1 Å². The number of hydrogen-bond donors (Lipinski definition) is 3. The molecule has 9 nitrogen and oxygen atoms in total. The number of rotatable bonds is 10. The highest BCUT2D eigenvalue weighted by Crippen LogP contribution is 2.24. The van der Waals surface area contributed by atoms with Crippen LogP contribution in [0.4, 0.5) is 17.3 Å². The van der Waals surface area contributed by atoms with Crippen molar-refractivity contribution in [2.75, 3.05) is 36.9 Å². The van der Waals surface area contributed by atoms with Gasteiger partial charge in [-0.3, -0.25) is 14.5 Å². The van der Waals surface area contributed by atoms with Crippen molar-refractivity contribution in [1.29, 1.82) is 0 Å². The molecule has 0 spiro atoms. The summed E-state index contributed by atoms with van der Waals surface area (Å²) in [6.45, 7) is 5.85. The molecular formula is C31H34N6O3. The minimum atomic E-state index is -0.456. The van der Waals surface area contributed by atoms with Crippen LogP contribution in [-0.2, 0) is 4.79 Å². The number of carbonyl (C=O) groups excluding carboxylic acids is 2. The van der Waals surface area contributed by atoms with Gasteiger partial charge in [0.1, 0.15) is 12.4 Å². The first-order valence-electron chi connectivity index (χ1n) is 13.6. The molecular weight excluding hydrogens is 504 g/mol. The van der Waals surface area contributed by atoms with Crippen LogP contribution < -0.4 is 20.7 Å². The summed E-state index contributed by atoms with van der Waals surface area (Å²) in [6, 6.07) is 16.7. The number of nitrogens with zero attached hydrogens (tertiary/aromatic N) is 3. The molecule has 0 saturated carbocycles. The molecule has 0 bridgehead atoms. The van der Waals surface area contributed by atoms with Crippen LogP contribution in [0.1, 0.15) is 30.1 Å². The summed E-state index contributed by atoms with van der Waals surface area (Å²) in [5, 5.41) is 8.94. The van der Waals surface area contributed by atoms with Crippen molar-refractivity contribution in [3.05, 3.63) is 96.5 Å². The van der Waals surface area contributed by atoms with Gasteiger partial charge in [-0.15, -0.1) is 0 Å². The number of anilines is 3. The fourth-order valence-electron chi connectivity index (χ4n) is 4.74.